The van der Waals surface area contributed by atoms with E-state index in [1.807, 2.05) is 27.7 Å². The standard InChI is InChI=1S/C13H26N2O3/c1-7-11(14-10(2)16)8-9-15(6)12(17)18-13(3,4)5/h11H,7-9H2,1-6H3,(H,14,16). The summed E-state index contributed by atoms with van der Waals surface area (Å²) in [5.74, 6) is -0.0400. The minimum Gasteiger partial charge on any atom is -0.444 e. The summed E-state index contributed by atoms with van der Waals surface area (Å²) in [6.07, 6.45) is 1.24. The van der Waals surface area contributed by atoms with E-state index in [0.29, 0.717) is 6.54 Å². The number of nitrogens with one attached hydrogen (secondary N) is 1. The third kappa shape index (κ3) is 7.92. The summed E-state index contributed by atoms with van der Waals surface area (Å²) in [7, 11) is 1.70. The average Bonchev–Trinajstić information content (AvgIpc) is 2.20. The molecule has 0 aliphatic carbocycles. The van der Waals surface area contributed by atoms with E-state index in [1.54, 1.807) is 7.05 Å². The molecule has 1 N–H and O–H groups in total. The molecule has 5 heteroatoms. The molecule has 0 bridgehead atoms. The van der Waals surface area contributed by atoms with Gasteiger partial charge in [0.1, 0.15) is 5.60 Å². The highest BCUT2D eigenvalue weighted by Gasteiger charge is 2.20. The van der Waals surface area contributed by atoms with Crippen molar-refractivity contribution in [2.75, 3.05) is 13.6 Å². The average molecular weight is 258 g/mol. The number of amides is 2. The maximum atomic E-state index is 11.7. The Kier molecular flexibility index (Phi) is 6.73. The van der Waals surface area contributed by atoms with Crippen LogP contribution in [0.1, 0.15) is 47.5 Å². The first-order valence-corrected chi connectivity index (χ1v) is 6.37. The summed E-state index contributed by atoms with van der Waals surface area (Å²) in [5.41, 5.74) is -0.479. The first kappa shape index (κ1) is 16.7. The lowest BCUT2D eigenvalue weighted by Crippen LogP contribution is -2.39. The Labute approximate surface area is 110 Å². The zero-order valence-electron chi connectivity index (χ0n) is 12.4. The molecule has 0 aromatic rings. The van der Waals surface area contributed by atoms with Gasteiger partial charge in [-0.25, -0.2) is 4.79 Å². The number of carbonyl (C=O) groups excluding carboxylic acids is 2. The maximum Gasteiger partial charge on any atom is 0.410 e. The molecule has 0 saturated carbocycles. The molecule has 1 atom stereocenters. The third-order valence-corrected chi connectivity index (χ3v) is 2.42. The van der Waals surface area contributed by atoms with Gasteiger partial charge in [-0.15, -0.1) is 0 Å². The largest absolute Gasteiger partial charge is 0.444 e. The number of rotatable bonds is 5. The predicted octanol–water partition coefficient (Wildman–Crippen LogP) is 2.16. The van der Waals surface area contributed by atoms with Crippen LogP contribution in [0.25, 0.3) is 0 Å². The van der Waals surface area contributed by atoms with Gasteiger partial charge in [0.25, 0.3) is 0 Å². The van der Waals surface area contributed by atoms with Gasteiger partial charge in [-0.3, -0.25) is 4.79 Å². The van der Waals surface area contributed by atoms with E-state index < -0.39 is 5.60 Å². The molecular weight excluding hydrogens is 232 g/mol. The van der Waals surface area contributed by atoms with Gasteiger partial charge in [-0.1, -0.05) is 6.92 Å². The quantitative estimate of drug-likeness (QED) is 0.822. The van der Waals surface area contributed by atoms with Crippen LogP contribution < -0.4 is 5.32 Å². The molecular formula is C13H26N2O3. The Morgan fingerprint density at radius 1 is 1.33 bits per heavy atom. The smallest absolute Gasteiger partial charge is 0.410 e. The number of hydrogen-bond donors (Lipinski definition) is 1. The molecule has 5 nitrogen and oxygen atoms in total. The van der Waals surface area contributed by atoms with E-state index in [4.69, 9.17) is 4.74 Å². The minimum absolute atomic E-state index is 0.0400. The summed E-state index contributed by atoms with van der Waals surface area (Å²) in [5, 5.41) is 2.85. The van der Waals surface area contributed by atoms with Crippen molar-refractivity contribution in [2.45, 2.75) is 59.1 Å². The van der Waals surface area contributed by atoms with Crippen molar-refractivity contribution in [3.63, 3.8) is 0 Å². The Bertz CT molecular complexity index is 284. The predicted molar refractivity (Wildman–Crippen MR) is 71.4 cm³/mol. The molecule has 0 radical (unpaired) electrons. The van der Waals surface area contributed by atoms with Crippen LogP contribution >= 0.6 is 0 Å². The van der Waals surface area contributed by atoms with Gasteiger partial charge in [0.15, 0.2) is 0 Å². The fraction of sp³-hybridized carbons (Fsp3) is 0.846. The second-order valence-corrected chi connectivity index (χ2v) is 5.50. The highest BCUT2D eigenvalue weighted by Crippen LogP contribution is 2.09. The fourth-order valence-electron chi connectivity index (χ4n) is 1.45. The highest BCUT2D eigenvalue weighted by atomic mass is 16.6. The molecule has 0 aliphatic rings. The van der Waals surface area contributed by atoms with Crippen LogP contribution in [0.2, 0.25) is 0 Å². The molecule has 0 rings (SSSR count). The lowest BCUT2D eigenvalue weighted by atomic mass is 10.1. The minimum atomic E-state index is -0.479. The number of ether oxygens (including phenoxy) is 1. The second kappa shape index (κ2) is 7.24. The summed E-state index contributed by atoms with van der Waals surface area (Å²) in [4.78, 5) is 24.2. The van der Waals surface area contributed by atoms with Crippen LogP contribution in [-0.4, -0.2) is 42.1 Å². The van der Waals surface area contributed by atoms with Gasteiger partial charge >= 0.3 is 6.09 Å². The van der Waals surface area contributed by atoms with Crippen LogP contribution in [-0.2, 0) is 9.53 Å². The van der Waals surface area contributed by atoms with Crippen LogP contribution in [0.15, 0.2) is 0 Å². The Hall–Kier alpha value is -1.26. The molecule has 2 amide bonds. The van der Waals surface area contributed by atoms with Crippen molar-refractivity contribution < 1.29 is 14.3 Å². The van der Waals surface area contributed by atoms with Gasteiger partial charge in [0, 0.05) is 26.6 Å². The Morgan fingerprint density at radius 2 is 1.89 bits per heavy atom. The molecule has 1 unspecified atom stereocenters. The van der Waals surface area contributed by atoms with E-state index in [2.05, 4.69) is 5.32 Å². The molecule has 0 aromatic heterocycles. The zero-order valence-corrected chi connectivity index (χ0v) is 12.4. The molecule has 0 spiro atoms. The van der Waals surface area contributed by atoms with Gasteiger partial charge in [-0.05, 0) is 33.6 Å². The van der Waals surface area contributed by atoms with Crippen molar-refractivity contribution in [1.29, 1.82) is 0 Å². The fourth-order valence-corrected chi connectivity index (χ4v) is 1.45. The topological polar surface area (TPSA) is 58.6 Å². The van der Waals surface area contributed by atoms with E-state index in [9.17, 15) is 9.59 Å². The van der Waals surface area contributed by atoms with Crippen molar-refractivity contribution in [3.05, 3.63) is 0 Å². The molecule has 0 heterocycles. The molecule has 0 saturated heterocycles. The summed E-state index contributed by atoms with van der Waals surface area (Å²) in [6, 6.07) is 0.104. The lowest BCUT2D eigenvalue weighted by Gasteiger charge is -2.26. The van der Waals surface area contributed by atoms with Crippen molar-refractivity contribution in [3.8, 4) is 0 Å². The monoisotopic (exact) mass is 258 g/mol. The van der Waals surface area contributed by atoms with Gasteiger partial charge in [0.2, 0.25) is 5.91 Å². The van der Waals surface area contributed by atoms with Crippen LogP contribution in [0, 0.1) is 0 Å². The Balaban J connectivity index is 4.11. The van der Waals surface area contributed by atoms with Crippen LogP contribution in [0.5, 0.6) is 0 Å². The summed E-state index contributed by atoms with van der Waals surface area (Å²) in [6.45, 7) is 9.59. The first-order valence-electron chi connectivity index (χ1n) is 6.37. The van der Waals surface area contributed by atoms with E-state index >= 15 is 0 Å². The van der Waals surface area contributed by atoms with Crippen molar-refractivity contribution in [1.82, 2.24) is 10.2 Å². The molecule has 106 valence electrons. The number of carbonyl (C=O) groups is 2. The third-order valence-electron chi connectivity index (χ3n) is 2.42. The Morgan fingerprint density at radius 3 is 2.28 bits per heavy atom. The normalized spacial score (nSPS) is 12.8. The number of hydrogen-bond acceptors (Lipinski definition) is 3. The number of nitrogens with zero attached hydrogens (tertiary/aromatic N) is 1. The summed E-state index contributed by atoms with van der Waals surface area (Å²) >= 11 is 0. The SMILES string of the molecule is CCC(CCN(C)C(=O)OC(C)(C)C)NC(C)=O. The lowest BCUT2D eigenvalue weighted by molar-refractivity contribution is -0.119. The van der Waals surface area contributed by atoms with E-state index in [-0.39, 0.29) is 18.0 Å². The molecule has 0 fully saturated rings. The van der Waals surface area contributed by atoms with E-state index in [0.717, 1.165) is 12.8 Å². The van der Waals surface area contributed by atoms with Crippen LogP contribution in [0.4, 0.5) is 4.79 Å². The van der Waals surface area contributed by atoms with Crippen LogP contribution in [0.3, 0.4) is 0 Å². The van der Waals surface area contributed by atoms with Crippen molar-refractivity contribution in [2.24, 2.45) is 0 Å². The van der Waals surface area contributed by atoms with Gasteiger partial charge in [-0.2, -0.15) is 0 Å². The maximum absolute atomic E-state index is 11.7. The zero-order chi connectivity index (χ0) is 14.3. The van der Waals surface area contributed by atoms with Crippen molar-refractivity contribution >= 4 is 12.0 Å². The molecule has 0 aliphatic heterocycles. The summed E-state index contributed by atoms with van der Waals surface area (Å²) < 4.78 is 5.25. The van der Waals surface area contributed by atoms with E-state index in [1.165, 1.54) is 11.8 Å². The van der Waals surface area contributed by atoms with Gasteiger partial charge in [0.05, 0.1) is 0 Å². The molecule has 18 heavy (non-hydrogen) atoms. The second-order valence-electron chi connectivity index (χ2n) is 5.50. The first-order chi connectivity index (χ1) is 8.15. The molecule has 0 aromatic carbocycles. The van der Waals surface area contributed by atoms with Gasteiger partial charge < -0.3 is 15.0 Å². The highest BCUT2D eigenvalue weighted by molar-refractivity contribution is 5.73.